The molecule has 2 atom stereocenters. The van der Waals surface area contributed by atoms with E-state index in [-0.39, 0.29) is 29.8 Å². The van der Waals surface area contributed by atoms with Gasteiger partial charge in [0.1, 0.15) is 18.2 Å². The molecule has 0 unspecified atom stereocenters. The number of carbonyl (C=O) groups excluding carboxylic acids is 3. The van der Waals surface area contributed by atoms with E-state index in [0.717, 1.165) is 6.42 Å². The van der Waals surface area contributed by atoms with Crippen molar-refractivity contribution in [1.29, 1.82) is 0 Å². The molecule has 2 saturated heterocycles. The van der Waals surface area contributed by atoms with Crippen LogP contribution in [0, 0.1) is 0 Å². The molecule has 28 heavy (non-hydrogen) atoms. The van der Waals surface area contributed by atoms with E-state index in [0.29, 0.717) is 28.7 Å². The van der Waals surface area contributed by atoms with Crippen molar-refractivity contribution < 1.29 is 28.3 Å². The summed E-state index contributed by atoms with van der Waals surface area (Å²) in [4.78, 5) is 38.5. The minimum absolute atomic E-state index is 0.0181. The highest BCUT2D eigenvalue weighted by Crippen LogP contribution is 2.47. The summed E-state index contributed by atoms with van der Waals surface area (Å²) in [7, 11) is 0. The third-order valence-corrected chi connectivity index (χ3v) is 6.74. The van der Waals surface area contributed by atoms with Gasteiger partial charge in [-0.2, -0.15) is 0 Å². The van der Waals surface area contributed by atoms with Crippen LogP contribution in [0.3, 0.4) is 0 Å². The molecule has 1 aromatic heterocycles. The lowest BCUT2D eigenvalue weighted by Gasteiger charge is -2.29. The maximum Gasteiger partial charge on any atom is 0.374 e. The molecule has 2 aliphatic rings. The fourth-order valence-electron chi connectivity index (χ4n) is 3.84. The van der Waals surface area contributed by atoms with Gasteiger partial charge in [-0.25, -0.2) is 9.59 Å². The highest BCUT2D eigenvalue weighted by molar-refractivity contribution is 8.01. The number of rotatable bonds is 5. The molecule has 2 aliphatic heterocycles. The minimum Gasteiger partial charge on any atom is -0.460 e. The fourth-order valence-corrected chi connectivity index (χ4v) is 5.25. The van der Waals surface area contributed by atoms with E-state index in [1.807, 2.05) is 13.0 Å². The molecule has 0 N–H and O–H groups in total. The van der Waals surface area contributed by atoms with Crippen molar-refractivity contribution in [3.63, 3.8) is 0 Å². The van der Waals surface area contributed by atoms with Gasteiger partial charge in [0.15, 0.2) is 0 Å². The first-order valence-electron chi connectivity index (χ1n) is 9.25. The number of thioether (sulfide) groups is 1. The molecule has 0 saturated carbocycles. The Morgan fingerprint density at radius 2 is 2.11 bits per heavy atom. The second kappa shape index (κ2) is 7.16. The first-order valence-corrected chi connectivity index (χ1v) is 10.2. The second-order valence-corrected chi connectivity index (χ2v) is 8.50. The molecule has 2 aromatic rings. The lowest BCUT2D eigenvalue weighted by Crippen LogP contribution is -2.46. The molecular formula is C20H21NO6S. The average Bonchev–Trinajstić information content (AvgIpc) is 3.31. The summed E-state index contributed by atoms with van der Waals surface area (Å²) in [5.41, 5.74) is 0.999. The van der Waals surface area contributed by atoms with Gasteiger partial charge in [-0.1, -0.05) is 18.2 Å². The van der Waals surface area contributed by atoms with E-state index in [9.17, 15) is 14.4 Å². The lowest BCUT2D eigenvalue weighted by atomic mass is 10.1. The van der Waals surface area contributed by atoms with Crippen LogP contribution >= 0.6 is 11.8 Å². The zero-order valence-corrected chi connectivity index (χ0v) is 16.5. The topological polar surface area (TPSA) is 86.0 Å². The summed E-state index contributed by atoms with van der Waals surface area (Å²) < 4.78 is 16.2. The predicted molar refractivity (Wildman–Crippen MR) is 103 cm³/mol. The van der Waals surface area contributed by atoms with Crippen LogP contribution in [0.15, 0.2) is 28.7 Å². The minimum atomic E-state index is -0.603. The Hall–Kier alpha value is -2.48. The van der Waals surface area contributed by atoms with Crippen molar-refractivity contribution in [2.24, 2.45) is 0 Å². The van der Waals surface area contributed by atoms with Crippen molar-refractivity contribution in [2.75, 3.05) is 12.4 Å². The van der Waals surface area contributed by atoms with Crippen LogP contribution in [0.2, 0.25) is 0 Å². The number of nitrogens with zero attached hydrogens (tertiary/aromatic N) is 1. The number of para-hydroxylation sites is 1. The predicted octanol–water partition coefficient (Wildman–Crippen LogP) is 3.11. The van der Waals surface area contributed by atoms with Gasteiger partial charge in [-0.05, 0) is 26.3 Å². The second-order valence-electron chi connectivity index (χ2n) is 7.00. The summed E-state index contributed by atoms with van der Waals surface area (Å²) in [5, 5.41) is 0.696. The van der Waals surface area contributed by atoms with E-state index in [1.165, 1.54) is 0 Å². The summed E-state index contributed by atoms with van der Waals surface area (Å²) in [5.74, 6) is -0.526. The fraction of sp³-hybridized carbons (Fsp3) is 0.450. The highest BCUT2D eigenvalue weighted by Gasteiger charge is 2.53. The normalized spacial score (nSPS) is 23.9. The van der Waals surface area contributed by atoms with Crippen LogP contribution in [0.1, 0.15) is 42.8 Å². The Morgan fingerprint density at radius 1 is 1.32 bits per heavy atom. The van der Waals surface area contributed by atoms with Crippen LogP contribution in [-0.2, 0) is 25.7 Å². The van der Waals surface area contributed by atoms with Gasteiger partial charge in [0.05, 0.1) is 17.0 Å². The van der Waals surface area contributed by atoms with Crippen molar-refractivity contribution in [2.45, 2.75) is 44.2 Å². The molecule has 4 rings (SSSR count). The summed E-state index contributed by atoms with van der Waals surface area (Å²) >= 11 is 1.61. The molecule has 0 spiro atoms. The van der Waals surface area contributed by atoms with Crippen molar-refractivity contribution in [3.8, 4) is 0 Å². The van der Waals surface area contributed by atoms with E-state index in [1.54, 1.807) is 41.8 Å². The zero-order valence-electron chi connectivity index (χ0n) is 15.7. The molecule has 148 valence electrons. The zero-order chi connectivity index (χ0) is 19.9. The Morgan fingerprint density at radius 3 is 2.89 bits per heavy atom. The summed E-state index contributed by atoms with van der Waals surface area (Å²) in [6.07, 6.45) is 1.19. The number of carbonyl (C=O) groups is 3. The van der Waals surface area contributed by atoms with E-state index in [4.69, 9.17) is 13.9 Å². The summed E-state index contributed by atoms with van der Waals surface area (Å²) in [6, 6.07) is 6.56. The summed E-state index contributed by atoms with van der Waals surface area (Å²) in [6.45, 7) is 3.79. The van der Waals surface area contributed by atoms with Crippen molar-refractivity contribution in [1.82, 2.24) is 4.90 Å². The number of esters is 2. The van der Waals surface area contributed by atoms with Crippen LogP contribution < -0.4 is 0 Å². The third kappa shape index (κ3) is 3.05. The average molecular weight is 403 g/mol. The molecule has 7 nitrogen and oxygen atoms in total. The molecule has 3 heterocycles. The molecule has 8 heteroatoms. The SMILES string of the molecule is CCOC(=O)c1oc2ccccc2c1COC(=O)[C@H]1CS[C@]2(C)CCC(=O)N12. The highest BCUT2D eigenvalue weighted by atomic mass is 32.2. The molecular weight excluding hydrogens is 382 g/mol. The molecule has 1 amide bonds. The first-order chi connectivity index (χ1) is 13.4. The van der Waals surface area contributed by atoms with Gasteiger partial charge in [-0.3, -0.25) is 4.79 Å². The Labute approximate surface area is 166 Å². The van der Waals surface area contributed by atoms with Gasteiger partial charge in [-0.15, -0.1) is 11.8 Å². The van der Waals surface area contributed by atoms with Gasteiger partial charge in [0.25, 0.3) is 0 Å². The molecule has 0 bridgehead atoms. The molecule has 0 radical (unpaired) electrons. The van der Waals surface area contributed by atoms with Crippen LogP contribution in [-0.4, -0.2) is 46.0 Å². The Balaban J connectivity index is 1.56. The molecule has 1 aromatic carbocycles. The molecule has 2 fully saturated rings. The Bertz CT molecular complexity index is 953. The van der Waals surface area contributed by atoms with Crippen LogP contribution in [0.4, 0.5) is 0 Å². The number of furan rings is 1. The smallest absolute Gasteiger partial charge is 0.374 e. The monoisotopic (exact) mass is 403 g/mol. The molecule has 0 aliphatic carbocycles. The standard InChI is InChI=1S/C20H21NO6S/c1-3-25-19(24)17-13(12-6-4-5-7-15(12)27-17)10-26-18(23)14-11-28-20(2)9-8-16(22)21(14)20/h4-7,14H,3,8-11H2,1-2H3/t14-,20-/m1/s1. The lowest BCUT2D eigenvalue weighted by molar-refractivity contribution is -0.154. The quantitative estimate of drug-likeness (QED) is 0.709. The van der Waals surface area contributed by atoms with Crippen molar-refractivity contribution >= 4 is 40.6 Å². The van der Waals surface area contributed by atoms with E-state index in [2.05, 4.69) is 0 Å². The van der Waals surface area contributed by atoms with E-state index >= 15 is 0 Å². The number of amides is 1. The van der Waals surface area contributed by atoms with Gasteiger partial charge >= 0.3 is 11.9 Å². The third-order valence-electron chi connectivity index (χ3n) is 5.23. The van der Waals surface area contributed by atoms with Gasteiger partial charge < -0.3 is 18.8 Å². The van der Waals surface area contributed by atoms with E-state index < -0.39 is 18.0 Å². The number of hydrogen-bond donors (Lipinski definition) is 0. The number of ether oxygens (including phenoxy) is 2. The van der Waals surface area contributed by atoms with Crippen LogP contribution in [0.5, 0.6) is 0 Å². The Kier molecular flexibility index (Phi) is 4.82. The van der Waals surface area contributed by atoms with Crippen molar-refractivity contribution in [3.05, 3.63) is 35.6 Å². The number of fused-ring (bicyclic) bond motifs is 2. The van der Waals surface area contributed by atoms with Crippen LogP contribution in [0.25, 0.3) is 11.0 Å². The largest absolute Gasteiger partial charge is 0.460 e. The maximum absolute atomic E-state index is 12.7. The van der Waals surface area contributed by atoms with Gasteiger partial charge in [0, 0.05) is 17.6 Å². The number of hydrogen-bond acceptors (Lipinski definition) is 7. The number of benzene rings is 1. The van der Waals surface area contributed by atoms with Gasteiger partial charge in [0.2, 0.25) is 11.7 Å². The maximum atomic E-state index is 12.7. The first kappa shape index (κ1) is 18.9.